The standard InChI is InChI=1S/C16H15BrN4O/c1-10(22)20-15-5-3-2-4-11(15)8-18-12-6-14(17)13-9-19-21-16(13)7-12/h2-7,9,18H,8H2,1H3,(H,19,21)(H,20,22). The molecule has 112 valence electrons. The average molecular weight is 359 g/mol. The third-order valence-electron chi connectivity index (χ3n) is 3.32. The van der Waals surface area contributed by atoms with E-state index in [-0.39, 0.29) is 5.91 Å². The van der Waals surface area contributed by atoms with Crippen LogP contribution >= 0.6 is 15.9 Å². The summed E-state index contributed by atoms with van der Waals surface area (Å²) in [5.74, 6) is -0.0749. The molecule has 0 fully saturated rings. The van der Waals surface area contributed by atoms with E-state index < -0.39 is 0 Å². The number of hydrogen-bond donors (Lipinski definition) is 3. The summed E-state index contributed by atoms with van der Waals surface area (Å²) in [7, 11) is 0. The van der Waals surface area contributed by atoms with Crippen molar-refractivity contribution < 1.29 is 4.79 Å². The van der Waals surface area contributed by atoms with Gasteiger partial charge in [-0.25, -0.2) is 0 Å². The van der Waals surface area contributed by atoms with Crippen molar-refractivity contribution in [2.75, 3.05) is 10.6 Å². The number of fused-ring (bicyclic) bond motifs is 1. The highest BCUT2D eigenvalue weighted by atomic mass is 79.9. The highest BCUT2D eigenvalue weighted by Gasteiger charge is 2.06. The maximum Gasteiger partial charge on any atom is 0.221 e. The van der Waals surface area contributed by atoms with Crippen LogP contribution in [0.5, 0.6) is 0 Å². The van der Waals surface area contributed by atoms with E-state index >= 15 is 0 Å². The molecule has 0 radical (unpaired) electrons. The van der Waals surface area contributed by atoms with Gasteiger partial charge in [-0.1, -0.05) is 18.2 Å². The number of aromatic nitrogens is 2. The predicted octanol–water partition coefficient (Wildman–Crippen LogP) is 3.90. The van der Waals surface area contributed by atoms with Gasteiger partial charge in [-0.2, -0.15) is 5.10 Å². The molecule has 0 spiro atoms. The zero-order valence-electron chi connectivity index (χ0n) is 12.0. The minimum atomic E-state index is -0.0749. The van der Waals surface area contributed by atoms with Crippen LogP contribution in [0.4, 0.5) is 11.4 Å². The highest BCUT2D eigenvalue weighted by molar-refractivity contribution is 9.10. The van der Waals surface area contributed by atoms with E-state index in [2.05, 4.69) is 36.8 Å². The molecule has 1 heterocycles. The Kier molecular flexibility index (Phi) is 4.11. The molecule has 3 N–H and O–H groups in total. The Hall–Kier alpha value is -2.34. The number of benzene rings is 2. The molecule has 5 nitrogen and oxygen atoms in total. The van der Waals surface area contributed by atoms with Crippen LogP contribution in [0.15, 0.2) is 47.1 Å². The smallest absolute Gasteiger partial charge is 0.221 e. The highest BCUT2D eigenvalue weighted by Crippen LogP contribution is 2.27. The van der Waals surface area contributed by atoms with Crippen LogP contribution in [0.1, 0.15) is 12.5 Å². The number of carbonyl (C=O) groups is 1. The zero-order valence-corrected chi connectivity index (χ0v) is 13.6. The zero-order chi connectivity index (χ0) is 15.5. The Morgan fingerprint density at radius 2 is 2.14 bits per heavy atom. The SMILES string of the molecule is CC(=O)Nc1ccccc1CNc1cc(Br)c2cn[nH]c2c1. The van der Waals surface area contributed by atoms with Crippen molar-refractivity contribution in [3.8, 4) is 0 Å². The van der Waals surface area contributed by atoms with Gasteiger partial charge in [-0.15, -0.1) is 0 Å². The van der Waals surface area contributed by atoms with E-state index in [1.165, 1.54) is 6.92 Å². The molecule has 1 aromatic heterocycles. The molecule has 22 heavy (non-hydrogen) atoms. The first-order valence-electron chi connectivity index (χ1n) is 6.85. The molecule has 0 aliphatic carbocycles. The number of nitrogens with one attached hydrogen (secondary N) is 3. The number of rotatable bonds is 4. The van der Waals surface area contributed by atoms with Crippen LogP contribution in [0.3, 0.4) is 0 Å². The van der Waals surface area contributed by atoms with Gasteiger partial charge >= 0.3 is 0 Å². The lowest BCUT2D eigenvalue weighted by atomic mass is 10.1. The second-order valence-electron chi connectivity index (χ2n) is 4.98. The molecule has 0 unspecified atom stereocenters. The van der Waals surface area contributed by atoms with Gasteiger partial charge in [-0.3, -0.25) is 9.89 Å². The van der Waals surface area contributed by atoms with Crippen LogP contribution in [0.2, 0.25) is 0 Å². The van der Waals surface area contributed by atoms with Crippen molar-refractivity contribution in [3.05, 3.63) is 52.6 Å². The van der Waals surface area contributed by atoms with Gasteiger partial charge in [0.1, 0.15) is 0 Å². The molecule has 6 heteroatoms. The van der Waals surface area contributed by atoms with Gasteiger partial charge in [0.15, 0.2) is 0 Å². The molecule has 0 atom stereocenters. The Balaban J connectivity index is 1.80. The fourth-order valence-electron chi connectivity index (χ4n) is 2.29. The van der Waals surface area contributed by atoms with Gasteiger partial charge < -0.3 is 10.6 Å². The molecule has 0 aliphatic rings. The first kappa shape index (κ1) is 14.6. The number of hydrogen-bond acceptors (Lipinski definition) is 3. The van der Waals surface area contributed by atoms with E-state index in [1.54, 1.807) is 6.20 Å². The van der Waals surface area contributed by atoms with E-state index in [9.17, 15) is 4.79 Å². The largest absolute Gasteiger partial charge is 0.381 e. The molecule has 3 aromatic rings. The number of nitrogens with zero attached hydrogens (tertiary/aromatic N) is 1. The van der Waals surface area contributed by atoms with Crippen molar-refractivity contribution in [3.63, 3.8) is 0 Å². The topological polar surface area (TPSA) is 69.8 Å². The molecular weight excluding hydrogens is 344 g/mol. The number of para-hydroxylation sites is 1. The minimum Gasteiger partial charge on any atom is -0.381 e. The van der Waals surface area contributed by atoms with Crippen LogP contribution < -0.4 is 10.6 Å². The van der Waals surface area contributed by atoms with Gasteiger partial charge in [-0.05, 0) is 39.7 Å². The number of anilines is 2. The van der Waals surface area contributed by atoms with Crippen LogP contribution in [-0.2, 0) is 11.3 Å². The lowest BCUT2D eigenvalue weighted by Gasteiger charge is -2.12. The van der Waals surface area contributed by atoms with Gasteiger partial charge in [0.2, 0.25) is 5.91 Å². The van der Waals surface area contributed by atoms with Crippen molar-refractivity contribution in [1.29, 1.82) is 0 Å². The molecule has 0 aliphatic heterocycles. The van der Waals surface area contributed by atoms with Crippen LogP contribution in [-0.4, -0.2) is 16.1 Å². The average Bonchev–Trinajstić information content (AvgIpc) is 2.95. The Bertz CT molecular complexity index is 828. The summed E-state index contributed by atoms with van der Waals surface area (Å²) >= 11 is 3.54. The summed E-state index contributed by atoms with van der Waals surface area (Å²) in [5, 5.41) is 14.3. The summed E-state index contributed by atoms with van der Waals surface area (Å²) in [6.45, 7) is 2.12. The van der Waals surface area contributed by atoms with Gasteiger partial charge in [0.05, 0.1) is 11.7 Å². The third-order valence-corrected chi connectivity index (χ3v) is 3.98. The fraction of sp³-hybridized carbons (Fsp3) is 0.125. The van der Waals surface area contributed by atoms with Gasteiger partial charge in [0.25, 0.3) is 0 Å². The number of halogens is 1. The minimum absolute atomic E-state index is 0.0749. The predicted molar refractivity (Wildman–Crippen MR) is 91.9 cm³/mol. The molecule has 0 saturated carbocycles. The lowest BCUT2D eigenvalue weighted by Crippen LogP contribution is -2.10. The van der Waals surface area contributed by atoms with Crippen LogP contribution in [0.25, 0.3) is 10.9 Å². The lowest BCUT2D eigenvalue weighted by molar-refractivity contribution is -0.114. The first-order chi connectivity index (χ1) is 10.6. The molecule has 2 aromatic carbocycles. The second-order valence-corrected chi connectivity index (χ2v) is 5.84. The summed E-state index contributed by atoms with van der Waals surface area (Å²) in [5.41, 5.74) is 3.79. The van der Waals surface area contributed by atoms with E-state index in [0.717, 1.165) is 32.3 Å². The molecule has 0 saturated heterocycles. The fourth-order valence-corrected chi connectivity index (χ4v) is 2.86. The number of amides is 1. The van der Waals surface area contributed by atoms with Crippen molar-refractivity contribution in [2.24, 2.45) is 0 Å². The summed E-state index contributed by atoms with van der Waals surface area (Å²) < 4.78 is 0.983. The van der Waals surface area contributed by atoms with Crippen LogP contribution in [0, 0.1) is 0 Å². The van der Waals surface area contributed by atoms with E-state index in [4.69, 9.17) is 0 Å². The molecule has 1 amide bonds. The van der Waals surface area contributed by atoms with E-state index in [0.29, 0.717) is 6.54 Å². The molecule has 3 rings (SSSR count). The number of H-pyrrole nitrogens is 1. The normalized spacial score (nSPS) is 10.6. The summed E-state index contributed by atoms with van der Waals surface area (Å²) in [6, 6.07) is 11.8. The van der Waals surface area contributed by atoms with E-state index in [1.807, 2.05) is 36.4 Å². The van der Waals surface area contributed by atoms with Crippen molar-refractivity contribution in [1.82, 2.24) is 10.2 Å². The van der Waals surface area contributed by atoms with Crippen molar-refractivity contribution >= 4 is 44.1 Å². The summed E-state index contributed by atoms with van der Waals surface area (Å²) in [6.07, 6.45) is 1.79. The monoisotopic (exact) mass is 358 g/mol. The second kappa shape index (κ2) is 6.19. The van der Waals surface area contributed by atoms with Crippen molar-refractivity contribution in [2.45, 2.75) is 13.5 Å². The number of carbonyl (C=O) groups excluding carboxylic acids is 1. The maximum absolute atomic E-state index is 11.3. The Labute approximate surface area is 136 Å². The Morgan fingerprint density at radius 3 is 2.95 bits per heavy atom. The van der Waals surface area contributed by atoms with Gasteiger partial charge in [0, 0.05) is 34.7 Å². The Morgan fingerprint density at radius 1 is 1.32 bits per heavy atom. The first-order valence-corrected chi connectivity index (χ1v) is 7.65. The molecule has 0 bridgehead atoms. The quantitative estimate of drug-likeness (QED) is 0.662. The summed E-state index contributed by atoms with van der Waals surface area (Å²) in [4.78, 5) is 11.3. The third kappa shape index (κ3) is 3.12. The molecular formula is C16H15BrN4O. The maximum atomic E-state index is 11.3. The number of aromatic amines is 1.